The summed E-state index contributed by atoms with van der Waals surface area (Å²) in [5.41, 5.74) is 1.75. The molecule has 2 aliphatic carbocycles. The summed E-state index contributed by atoms with van der Waals surface area (Å²) in [5, 5.41) is 0. The summed E-state index contributed by atoms with van der Waals surface area (Å²) in [5.74, 6) is 2.73. The molecule has 5 heteroatoms. The Labute approximate surface area is 194 Å². The highest BCUT2D eigenvalue weighted by Gasteiger charge is 2.57. The molecule has 1 aromatic rings. The van der Waals surface area contributed by atoms with Gasteiger partial charge in [-0.05, 0) is 54.9 Å². The molecule has 1 unspecified atom stereocenters. The SMILES string of the molecule is CCCC1(CN2C[C@@H]3[C@H](CN4CCN(C(C)C(=O)OCc5ccccc5)CC4)[C@@H]3C2)CC1. The Hall–Kier alpha value is -1.43. The highest BCUT2D eigenvalue weighted by atomic mass is 16.5. The molecular weight excluding hydrogens is 398 g/mol. The number of nitrogens with zero attached hydrogens (tertiary/aromatic N) is 3. The standard InChI is InChI=1S/C27H41N3O2/c1-3-9-27(10-11-27)20-29-17-24-23(25(24)18-29)16-28-12-14-30(15-13-28)21(2)26(31)32-19-22-7-5-4-6-8-22/h4-8,21,23-25H,3,9-20H2,1-2H3/t21?,23-,24+,25-. The maximum atomic E-state index is 12.5. The van der Waals surface area contributed by atoms with Crippen LogP contribution in [0.4, 0.5) is 0 Å². The largest absolute Gasteiger partial charge is 0.460 e. The molecule has 0 amide bonds. The minimum atomic E-state index is -0.160. The van der Waals surface area contributed by atoms with Crippen molar-refractivity contribution in [2.75, 3.05) is 52.4 Å². The van der Waals surface area contributed by atoms with Gasteiger partial charge in [0.25, 0.3) is 0 Å². The monoisotopic (exact) mass is 439 g/mol. The number of piperidine rings is 1. The molecule has 4 fully saturated rings. The van der Waals surface area contributed by atoms with Gasteiger partial charge in [0.2, 0.25) is 0 Å². The number of benzene rings is 1. The maximum absolute atomic E-state index is 12.5. The van der Waals surface area contributed by atoms with Crippen LogP contribution >= 0.6 is 0 Å². The average Bonchev–Trinajstić information content (AvgIpc) is 3.66. The van der Waals surface area contributed by atoms with Crippen molar-refractivity contribution in [3.63, 3.8) is 0 Å². The number of likely N-dealkylation sites (tertiary alicyclic amines) is 1. The fraction of sp³-hybridized carbons (Fsp3) is 0.741. The fourth-order valence-electron chi connectivity index (χ4n) is 6.44. The second kappa shape index (κ2) is 9.44. The quantitative estimate of drug-likeness (QED) is 0.522. The Kier molecular flexibility index (Phi) is 6.60. The summed E-state index contributed by atoms with van der Waals surface area (Å²) in [6.07, 6.45) is 5.72. The molecule has 2 aliphatic heterocycles. The molecule has 0 spiro atoms. The molecule has 0 bridgehead atoms. The summed E-state index contributed by atoms with van der Waals surface area (Å²) in [6, 6.07) is 9.78. The maximum Gasteiger partial charge on any atom is 0.323 e. The second-order valence-corrected chi connectivity index (χ2v) is 11.0. The first kappa shape index (κ1) is 22.4. The second-order valence-electron chi connectivity index (χ2n) is 11.0. The van der Waals surface area contributed by atoms with Crippen molar-refractivity contribution in [3.8, 4) is 0 Å². The van der Waals surface area contributed by atoms with Crippen LogP contribution in [0.25, 0.3) is 0 Å². The molecule has 4 atom stereocenters. The molecule has 2 saturated carbocycles. The van der Waals surface area contributed by atoms with E-state index in [2.05, 4.69) is 21.6 Å². The lowest BCUT2D eigenvalue weighted by atomic mass is 10.00. The van der Waals surface area contributed by atoms with E-state index in [1.807, 2.05) is 37.3 Å². The van der Waals surface area contributed by atoms with Crippen LogP contribution in [0.2, 0.25) is 0 Å². The van der Waals surface area contributed by atoms with Gasteiger partial charge in [0, 0.05) is 52.4 Å². The molecule has 4 aliphatic rings. The molecule has 1 aromatic carbocycles. The van der Waals surface area contributed by atoms with E-state index < -0.39 is 0 Å². The first-order chi connectivity index (χ1) is 15.6. The molecular formula is C27H41N3O2. The van der Waals surface area contributed by atoms with Gasteiger partial charge < -0.3 is 14.5 Å². The van der Waals surface area contributed by atoms with Crippen LogP contribution in [-0.2, 0) is 16.1 Å². The van der Waals surface area contributed by atoms with Crippen LogP contribution in [0.15, 0.2) is 30.3 Å². The number of fused-ring (bicyclic) bond motifs is 1. The lowest BCUT2D eigenvalue weighted by molar-refractivity contribution is -0.151. The smallest absolute Gasteiger partial charge is 0.323 e. The van der Waals surface area contributed by atoms with E-state index in [0.29, 0.717) is 12.0 Å². The Bertz CT molecular complexity index is 760. The predicted octanol–water partition coefficient (Wildman–Crippen LogP) is 3.49. The molecule has 32 heavy (non-hydrogen) atoms. The summed E-state index contributed by atoms with van der Waals surface area (Å²) in [7, 11) is 0. The molecule has 2 saturated heterocycles. The Balaban J connectivity index is 0.991. The minimum absolute atomic E-state index is 0.101. The van der Waals surface area contributed by atoms with Crippen LogP contribution in [0.1, 0.15) is 45.1 Å². The number of ether oxygens (including phenoxy) is 1. The number of carbonyl (C=O) groups is 1. The number of rotatable bonds is 10. The van der Waals surface area contributed by atoms with Gasteiger partial charge in [0.1, 0.15) is 12.6 Å². The molecule has 5 nitrogen and oxygen atoms in total. The van der Waals surface area contributed by atoms with Crippen molar-refractivity contribution >= 4 is 5.97 Å². The van der Waals surface area contributed by atoms with Gasteiger partial charge in [-0.1, -0.05) is 43.7 Å². The Morgan fingerprint density at radius 2 is 1.75 bits per heavy atom. The highest BCUT2D eigenvalue weighted by Crippen LogP contribution is 2.55. The third kappa shape index (κ3) is 5.05. The molecule has 5 rings (SSSR count). The first-order valence-corrected chi connectivity index (χ1v) is 13.0. The first-order valence-electron chi connectivity index (χ1n) is 13.0. The average molecular weight is 440 g/mol. The van der Waals surface area contributed by atoms with Gasteiger partial charge in [0.05, 0.1) is 0 Å². The van der Waals surface area contributed by atoms with Gasteiger partial charge in [-0.3, -0.25) is 9.69 Å². The lowest BCUT2D eigenvalue weighted by Crippen LogP contribution is -2.52. The minimum Gasteiger partial charge on any atom is -0.460 e. The van der Waals surface area contributed by atoms with Crippen molar-refractivity contribution in [1.82, 2.24) is 14.7 Å². The van der Waals surface area contributed by atoms with Crippen LogP contribution in [-0.4, -0.2) is 79.1 Å². The van der Waals surface area contributed by atoms with E-state index in [4.69, 9.17) is 4.74 Å². The zero-order valence-electron chi connectivity index (χ0n) is 20.0. The van der Waals surface area contributed by atoms with Crippen LogP contribution in [0, 0.1) is 23.2 Å². The van der Waals surface area contributed by atoms with Crippen LogP contribution < -0.4 is 0 Å². The zero-order chi connectivity index (χ0) is 22.1. The van der Waals surface area contributed by atoms with E-state index in [0.717, 1.165) is 49.5 Å². The van der Waals surface area contributed by atoms with Crippen molar-refractivity contribution in [1.29, 1.82) is 0 Å². The lowest BCUT2D eigenvalue weighted by Gasteiger charge is -2.37. The van der Waals surface area contributed by atoms with Gasteiger partial charge in [0.15, 0.2) is 0 Å². The van der Waals surface area contributed by atoms with E-state index in [9.17, 15) is 4.79 Å². The summed E-state index contributed by atoms with van der Waals surface area (Å²) >= 11 is 0. The van der Waals surface area contributed by atoms with Gasteiger partial charge in [-0.25, -0.2) is 0 Å². The topological polar surface area (TPSA) is 36.0 Å². The number of carbonyl (C=O) groups excluding carboxylic acids is 1. The fourth-order valence-corrected chi connectivity index (χ4v) is 6.44. The summed E-state index contributed by atoms with van der Waals surface area (Å²) in [6.45, 7) is 14.1. The number of hydrogen-bond donors (Lipinski definition) is 0. The van der Waals surface area contributed by atoms with Crippen LogP contribution in [0.5, 0.6) is 0 Å². The summed E-state index contributed by atoms with van der Waals surface area (Å²) < 4.78 is 5.56. The zero-order valence-corrected chi connectivity index (χ0v) is 20.0. The molecule has 0 aromatic heterocycles. The molecule has 0 N–H and O–H groups in total. The predicted molar refractivity (Wildman–Crippen MR) is 127 cm³/mol. The number of esters is 1. The number of piperazine rings is 1. The molecule has 176 valence electrons. The third-order valence-corrected chi connectivity index (χ3v) is 8.73. The van der Waals surface area contributed by atoms with E-state index in [1.165, 1.54) is 51.9 Å². The van der Waals surface area contributed by atoms with Crippen molar-refractivity contribution in [2.24, 2.45) is 23.2 Å². The van der Waals surface area contributed by atoms with Gasteiger partial charge in [-0.2, -0.15) is 0 Å². The Morgan fingerprint density at radius 1 is 1.06 bits per heavy atom. The third-order valence-electron chi connectivity index (χ3n) is 8.73. The van der Waals surface area contributed by atoms with E-state index in [-0.39, 0.29) is 12.0 Å². The van der Waals surface area contributed by atoms with Crippen molar-refractivity contribution < 1.29 is 9.53 Å². The summed E-state index contributed by atoms with van der Waals surface area (Å²) in [4.78, 5) is 20.2. The van der Waals surface area contributed by atoms with Crippen molar-refractivity contribution in [3.05, 3.63) is 35.9 Å². The highest BCUT2D eigenvalue weighted by molar-refractivity contribution is 5.75. The van der Waals surface area contributed by atoms with Gasteiger partial charge in [-0.15, -0.1) is 0 Å². The van der Waals surface area contributed by atoms with E-state index in [1.54, 1.807) is 0 Å². The number of hydrogen-bond acceptors (Lipinski definition) is 5. The molecule has 0 radical (unpaired) electrons. The van der Waals surface area contributed by atoms with E-state index >= 15 is 0 Å². The normalized spacial score (nSPS) is 30.6. The Morgan fingerprint density at radius 3 is 2.38 bits per heavy atom. The van der Waals surface area contributed by atoms with Crippen molar-refractivity contribution in [2.45, 2.75) is 52.2 Å². The molecule has 2 heterocycles. The van der Waals surface area contributed by atoms with Crippen LogP contribution in [0.3, 0.4) is 0 Å². The van der Waals surface area contributed by atoms with Gasteiger partial charge >= 0.3 is 5.97 Å².